The number of carbonyl (C=O) groups is 1. The van der Waals surface area contributed by atoms with E-state index in [-0.39, 0.29) is 16.6 Å². The van der Waals surface area contributed by atoms with Gasteiger partial charge in [0, 0.05) is 17.8 Å². The van der Waals surface area contributed by atoms with Crippen LogP contribution >= 0.6 is 11.6 Å². The Hall–Kier alpha value is -2.93. The first-order chi connectivity index (χ1) is 12.0. The van der Waals surface area contributed by atoms with Gasteiger partial charge < -0.3 is 4.74 Å². The summed E-state index contributed by atoms with van der Waals surface area (Å²) in [6, 6.07) is 7.67. The molecule has 8 heteroatoms. The Morgan fingerprint density at radius 1 is 1.28 bits per heavy atom. The van der Waals surface area contributed by atoms with Crippen LogP contribution in [0.3, 0.4) is 0 Å². The van der Waals surface area contributed by atoms with Crippen molar-refractivity contribution in [2.24, 2.45) is 0 Å². The van der Waals surface area contributed by atoms with Crippen LogP contribution in [0, 0.1) is 0 Å². The van der Waals surface area contributed by atoms with E-state index in [2.05, 4.69) is 9.97 Å². The fourth-order valence-corrected chi connectivity index (χ4v) is 2.51. The number of carbonyl (C=O) groups excluding carboxylic acids is 1. The second-order valence-corrected chi connectivity index (χ2v) is 5.79. The molecular formula is C17H14ClN3O4. The number of aryl methyl sites for hydroxylation is 1. The molecule has 0 radical (unpaired) electrons. The molecule has 0 atom stereocenters. The molecule has 0 saturated heterocycles. The van der Waals surface area contributed by atoms with Gasteiger partial charge in [0.05, 0.1) is 10.9 Å². The normalized spacial score (nSPS) is 10.8. The predicted molar refractivity (Wildman–Crippen MR) is 93.3 cm³/mol. The first-order valence-electron chi connectivity index (χ1n) is 7.60. The maximum atomic E-state index is 12.3. The summed E-state index contributed by atoms with van der Waals surface area (Å²) in [6.07, 6.45) is 1.98. The molecule has 1 N–H and O–H groups in total. The molecule has 3 rings (SSSR count). The van der Waals surface area contributed by atoms with Crippen molar-refractivity contribution in [1.82, 2.24) is 14.5 Å². The van der Waals surface area contributed by atoms with Crippen LogP contribution < -0.4 is 16.0 Å². The molecule has 3 aromatic rings. The first kappa shape index (κ1) is 16.9. The Morgan fingerprint density at radius 2 is 2.00 bits per heavy atom. The van der Waals surface area contributed by atoms with Crippen molar-refractivity contribution in [3.8, 4) is 5.75 Å². The van der Waals surface area contributed by atoms with Crippen LogP contribution in [0.5, 0.6) is 5.75 Å². The summed E-state index contributed by atoms with van der Waals surface area (Å²) in [5.41, 5.74) is -0.780. The molecule has 0 aliphatic carbocycles. The molecule has 128 valence electrons. The molecule has 2 heterocycles. The molecule has 0 spiro atoms. The Labute approximate surface area is 146 Å². The minimum atomic E-state index is -0.663. The molecule has 0 unspecified atom stereocenters. The van der Waals surface area contributed by atoms with E-state index in [1.165, 1.54) is 16.8 Å². The van der Waals surface area contributed by atoms with Gasteiger partial charge in [-0.25, -0.2) is 14.6 Å². The molecular weight excluding hydrogens is 346 g/mol. The van der Waals surface area contributed by atoms with Gasteiger partial charge in [-0.15, -0.1) is 0 Å². The summed E-state index contributed by atoms with van der Waals surface area (Å²) < 4.78 is 6.59. The fourth-order valence-electron chi connectivity index (χ4n) is 2.38. The van der Waals surface area contributed by atoms with Crippen LogP contribution in [0.15, 0.2) is 46.1 Å². The van der Waals surface area contributed by atoms with Crippen LogP contribution in [0.2, 0.25) is 5.02 Å². The van der Waals surface area contributed by atoms with E-state index in [4.69, 9.17) is 16.3 Å². The van der Waals surface area contributed by atoms with Gasteiger partial charge in [0.1, 0.15) is 11.4 Å². The highest BCUT2D eigenvalue weighted by atomic mass is 35.5. The quantitative estimate of drug-likeness (QED) is 0.570. The van der Waals surface area contributed by atoms with E-state index < -0.39 is 17.2 Å². The first-order valence-corrected chi connectivity index (χ1v) is 7.98. The number of pyridine rings is 1. The average molecular weight is 360 g/mol. The average Bonchev–Trinajstić information content (AvgIpc) is 2.60. The van der Waals surface area contributed by atoms with Gasteiger partial charge >= 0.3 is 11.7 Å². The number of nitrogens with zero attached hydrogens (tertiary/aromatic N) is 2. The minimum Gasteiger partial charge on any atom is -0.423 e. The molecule has 0 amide bonds. The number of halogens is 1. The summed E-state index contributed by atoms with van der Waals surface area (Å²) in [6.45, 7) is 2.31. The van der Waals surface area contributed by atoms with Crippen molar-refractivity contribution in [3.05, 3.63) is 68.0 Å². The highest BCUT2D eigenvalue weighted by Gasteiger charge is 2.14. The topological polar surface area (TPSA) is 94.1 Å². The van der Waals surface area contributed by atoms with Gasteiger partial charge in [-0.1, -0.05) is 18.5 Å². The van der Waals surface area contributed by atoms with E-state index in [0.717, 1.165) is 0 Å². The third-order valence-corrected chi connectivity index (χ3v) is 3.79. The zero-order valence-electron chi connectivity index (χ0n) is 13.3. The molecule has 1 aromatic carbocycles. The maximum Gasteiger partial charge on any atom is 0.345 e. The lowest BCUT2D eigenvalue weighted by Gasteiger charge is -2.08. The fraction of sp³-hybridized carbons (Fsp3) is 0.176. The lowest BCUT2D eigenvalue weighted by Crippen LogP contribution is -2.31. The Morgan fingerprint density at radius 3 is 2.68 bits per heavy atom. The van der Waals surface area contributed by atoms with Crippen molar-refractivity contribution < 1.29 is 9.53 Å². The number of rotatable bonds is 4. The van der Waals surface area contributed by atoms with Gasteiger partial charge in [0.15, 0.2) is 0 Å². The van der Waals surface area contributed by atoms with E-state index in [1.54, 1.807) is 24.3 Å². The molecule has 0 saturated carbocycles. The van der Waals surface area contributed by atoms with Crippen LogP contribution in [0.25, 0.3) is 11.0 Å². The van der Waals surface area contributed by atoms with Crippen LogP contribution in [-0.2, 0) is 6.54 Å². The lowest BCUT2D eigenvalue weighted by atomic mass is 10.2. The van der Waals surface area contributed by atoms with Gasteiger partial charge in [-0.05, 0) is 36.8 Å². The standard InChI is InChI=1S/C17H14ClN3O4/c1-2-7-21-14-13(15(22)20-17(21)24)8-10(9-19-14)16(23)25-12-5-3-11(18)4-6-12/h3-6,8-9H,2,7H2,1H3,(H,20,22,24). The highest BCUT2D eigenvalue weighted by Crippen LogP contribution is 2.17. The second-order valence-electron chi connectivity index (χ2n) is 5.35. The summed E-state index contributed by atoms with van der Waals surface area (Å²) in [5, 5.41) is 0.672. The molecule has 0 aliphatic rings. The van der Waals surface area contributed by atoms with Crippen LogP contribution in [0.4, 0.5) is 0 Å². The lowest BCUT2D eigenvalue weighted by molar-refractivity contribution is 0.0734. The molecule has 25 heavy (non-hydrogen) atoms. The summed E-state index contributed by atoms with van der Waals surface area (Å²) >= 11 is 5.78. The summed E-state index contributed by atoms with van der Waals surface area (Å²) in [4.78, 5) is 42.6. The largest absolute Gasteiger partial charge is 0.423 e. The number of H-pyrrole nitrogens is 1. The molecule has 0 bridgehead atoms. The number of aromatic amines is 1. The molecule has 2 aromatic heterocycles. The zero-order chi connectivity index (χ0) is 18.0. The van der Waals surface area contributed by atoms with Crippen molar-refractivity contribution >= 4 is 28.6 Å². The van der Waals surface area contributed by atoms with Crippen LogP contribution in [-0.4, -0.2) is 20.5 Å². The highest BCUT2D eigenvalue weighted by molar-refractivity contribution is 6.30. The third-order valence-electron chi connectivity index (χ3n) is 3.54. The van der Waals surface area contributed by atoms with E-state index in [1.807, 2.05) is 6.92 Å². The van der Waals surface area contributed by atoms with E-state index in [9.17, 15) is 14.4 Å². The molecule has 7 nitrogen and oxygen atoms in total. The Bertz CT molecular complexity index is 1050. The summed E-state index contributed by atoms with van der Waals surface area (Å²) in [5.74, 6) is -0.344. The summed E-state index contributed by atoms with van der Waals surface area (Å²) in [7, 11) is 0. The predicted octanol–water partition coefficient (Wildman–Crippen LogP) is 2.37. The van der Waals surface area contributed by atoms with Gasteiger partial charge in [-0.3, -0.25) is 14.3 Å². The van der Waals surface area contributed by atoms with E-state index in [0.29, 0.717) is 23.7 Å². The zero-order valence-corrected chi connectivity index (χ0v) is 14.0. The van der Waals surface area contributed by atoms with Gasteiger partial charge in [-0.2, -0.15) is 0 Å². The monoisotopic (exact) mass is 359 g/mol. The second kappa shape index (κ2) is 6.90. The Balaban J connectivity index is 2.00. The molecule has 0 fully saturated rings. The third kappa shape index (κ3) is 3.46. The number of esters is 1. The van der Waals surface area contributed by atoms with E-state index >= 15 is 0 Å². The number of fused-ring (bicyclic) bond motifs is 1. The van der Waals surface area contributed by atoms with Crippen molar-refractivity contribution in [2.75, 3.05) is 0 Å². The minimum absolute atomic E-state index is 0.106. The van der Waals surface area contributed by atoms with Crippen LogP contribution in [0.1, 0.15) is 23.7 Å². The smallest absolute Gasteiger partial charge is 0.345 e. The number of benzene rings is 1. The van der Waals surface area contributed by atoms with Gasteiger partial charge in [0.25, 0.3) is 5.56 Å². The maximum absolute atomic E-state index is 12.3. The Kier molecular flexibility index (Phi) is 4.67. The van der Waals surface area contributed by atoms with Crippen molar-refractivity contribution in [1.29, 1.82) is 0 Å². The number of ether oxygens (including phenoxy) is 1. The number of hydrogen-bond acceptors (Lipinski definition) is 5. The number of hydrogen-bond donors (Lipinski definition) is 1. The van der Waals surface area contributed by atoms with Crippen molar-refractivity contribution in [3.63, 3.8) is 0 Å². The number of nitrogens with one attached hydrogen (secondary N) is 1. The molecule has 0 aliphatic heterocycles. The van der Waals surface area contributed by atoms with Gasteiger partial charge in [0.2, 0.25) is 0 Å². The number of aromatic nitrogens is 3. The van der Waals surface area contributed by atoms with Crippen molar-refractivity contribution in [2.45, 2.75) is 19.9 Å². The SMILES string of the molecule is CCCn1c(=O)[nH]c(=O)c2cc(C(=O)Oc3ccc(Cl)cc3)cnc21.